The minimum atomic E-state index is -0.0178. The lowest BCUT2D eigenvalue weighted by Gasteiger charge is -2.07. The van der Waals surface area contributed by atoms with Gasteiger partial charge in [-0.25, -0.2) is 0 Å². The van der Waals surface area contributed by atoms with Crippen molar-refractivity contribution in [3.05, 3.63) is 33.8 Å². The highest BCUT2D eigenvalue weighted by atomic mass is 79.9. The monoisotopic (exact) mass is 284 g/mol. The van der Waals surface area contributed by atoms with Crippen molar-refractivity contribution in [1.29, 1.82) is 0 Å². The Labute approximate surface area is 105 Å². The molecule has 1 amide bonds. The van der Waals surface area contributed by atoms with E-state index in [0.29, 0.717) is 13.1 Å². The number of amides is 1. The predicted molar refractivity (Wildman–Crippen MR) is 69.5 cm³/mol. The van der Waals surface area contributed by atoms with Gasteiger partial charge in [-0.2, -0.15) is 0 Å². The molecule has 1 aromatic carbocycles. The van der Waals surface area contributed by atoms with Crippen molar-refractivity contribution < 1.29 is 4.79 Å². The molecule has 0 radical (unpaired) electrons. The van der Waals surface area contributed by atoms with Crippen molar-refractivity contribution >= 4 is 21.8 Å². The number of benzene rings is 1. The lowest BCUT2D eigenvalue weighted by molar-refractivity contribution is 0.0952. The first kappa shape index (κ1) is 13.2. The van der Waals surface area contributed by atoms with Crippen LogP contribution in [0.1, 0.15) is 28.8 Å². The summed E-state index contributed by atoms with van der Waals surface area (Å²) in [5.74, 6) is -0.0178. The van der Waals surface area contributed by atoms with Gasteiger partial charge in [-0.05, 0) is 44.0 Å². The fraction of sp³-hybridized carbons (Fsp3) is 0.417. The van der Waals surface area contributed by atoms with E-state index in [4.69, 9.17) is 5.73 Å². The standard InChI is InChI=1S/C12H17BrN2O/c1-9-4-5-10(13)8-11(9)12(16)15-7-3-2-6-14/h4-5,8H,2-3,6-7,14H2,1H3,(H,15,16). The molecule has 0 aliphatic rings. The Morgan fingerprint density at radius 2 is 2.19 bits per heavy atom. The molecule has 3 N–H and O–H groups in total. The summed E-state index contributed by atoms with van der Waals surface area (Å²) >= 11 is 3.36. The summed E-state index contributed by atoms with van der Waals surface area (Å²) in [6.07, 6.45) is 1.87. The summed E-state index contributed by atoms with van der Waals surface area (Å²) in [7, 11) is 0. The van der Waals surface area contributed by atoms with Gasteiger partial charge in [0.15, 0.2) is 0 Å². The average Bonchev–Trinajstić information content (AvgIpc) is 2.27. The average molecular weight is 285 g/mol. The summed E-state index contributed by atoms with van der Waals surface area (Å²) in [5.41, 5.74) is 7.09. The van der Waals surface area contributed by atoms with E-state index in [-0.39, 0.29) is 5.91 Å². The highest BCUT2D eigenvalue weighted by Gasteiger charge is 2.08. The summed E-state index contributed by atoms with van der Waals surface area (Å²) in [6, 6.07) is 5.70. The number of nitrogens with one attached hydrogen (secondary N) is 1. The van der Waals surface area contributed by atoms with Crippen LogP contribution in [0, 0.1) is 6.92 Å². The van der Waals surface area contributed by atoms with Gasteiger partial charge in [0.2, 0.25) is 0 Å². The molecule has 16 heavy (non-hydrogen) atoms. The van der Waals surface area contributed by atoms with Crippen molar-refractivity contribution in [2.75, 3.05) is 13.1 Å². The lowest BCUT2D eigenvalue weighted by Crippen LogP contribution is -2.25. The van der Waals surface area contributed by atoms with Crippen molar-refractivity contribution in [3.63, 3.8) is 0 Å². The highest BCUT2D eigenvalue weighted by molar-refractivity contribution is 9.10. The molecule has 1 rings (SSSR count). The number of hydrogen-bond donors (Lipinski definition) is 2. The topological polar surface area (TPSA) is 55.1 Å². The van der Waals surface area contributed by atoms with Crippen LogP contribution < -0.4 is 11.1 Å². The van der Waals surface area contributed by atoms with Crippen LogP contribution >= 0.6 is 15.9 Å². The Hall–Kier alpha value is -0.870. The molecule has 88 valence electrons. The zero-order valence-electron chi connectivity index (χ0n) is 9.42. The van der Waals surface area contributed by atoms with Gasteiger partial charge in [0.1, 0.15) is 0 Å². The molecule has 0 heterocycles. The number of carbonyl (C=O) groups excluding carboxylic acids is 1. The van der Waals surface area contributed by atoms with E-state index >= 15 is 0 Å². The van der Waals surface area contributed by atoms with Crippen LogP contribution in [0.4, 0.5) is 0 Å². The van der Waals surface area contributed by atoms with Gasteiger partial charge in [0, 0.05) is 16.6 Å². The molecule has 1 aromatic rings. The third-order valence-electron chi connectivity index (χ3n) is 2.36. The van der Waals surface area contributed by atoms with E-state index in [0.717, 1.165) is 28.4 Å². The van der Waals surface area contributed by atoms with Crippen LogP contribution in [0.3, 0.4) is 0 Å². The summed E-state index contributed by atoms with van der Waals surface area (Å²) in [4.78, 5) is 11.8. The first-order valence-electron chi connectivity index (χ1n) is 5.39. The number of halogens is 1. The van der Waals surface area contributed by atoms with E-state index in [1.165, 1.54) is 0 Å². The van der Waals surface area contributed by atoms with E-state index in [1.807, 2.05) is 25.1 Å². The van der Waals surface area contributed by atoms with Crippen molar-refractivity contribution in [3.8, 4) is 0 Å². The molecule has 0 aliphatic carbocycles. The Kier molecular flexibility index (Phi) is 5.49. The van der Waals surface area contributed by atoms with E-state index in [1.54, 1.807) is 0 Å². The smallest absolute Gasteiger partial charge is 0.251 e. The summed E-state index contributed by atoms with van der Waals surface area (Å²) in [6.45, 7) is 3.29. The molecular formula is C12H17BrN2O. The Morgan fingerprint density at radius 3 is 2.88 bits per heavy atom. The summed E-state index contributed by atoms with van der Waals surface area (Å²) in [5, 5.41) is 2.89. The van der Waals surface area contributed by atoms with Gasteiger partial charge in [-0.15, -0.1) is 0 Å². The van der Waals surface area contributed by atoms with Gasteiger partial charge >= 0.3 is 0 Å². The second-order valence-corrected chi connectivity index (χ2v) is 4.63. The minimum Gasteiger partial charge on any atom is -0.352 e. The van der Waals surface area contributed by atoms with Gasteiger partial charge in [0.25, 0.3) is 5.91 Å². The molecule has 0 saturated carbocycles. The molecule has 4 heteroatoms. The second kappa shape index (κ2) is 6.66. The fourth-order valence-electron chi connectivity index (χ4n) is 1.41. The number of rotatable bonds is 5. The van der Waals surface area contributed by atoms with Gasteiger partial charge in [-0.1, -0.05) is 22.0 Å². The second-order valence-electron chi connectivity index (χ2n) is 3.71. The van der Waals surface area contributed by atoms with Crippen LogP contribution in [0.25, 0.3) is 0 Å². The van der Waals surface area contributed by atoms with Crippen LogP contribution in [-0.2, 0) is 0 Å². The largest absolute Gasteiger partial charge is 0.352 e. The van der Waals surface area contributed by atoms with Crippen LogP contribution in [0.2, 0.25) is 0 Å². The molecule has 0 aromatic heterocycles. The molecule has 0 aliphatic heterocycles. The molecule has 0 saturated heterocycles. The molecule has 0 unspecified atom stereocenters. The fourth-order valence-corrected chi connectivity index (χ4v) is 1.77. The lowest BCUT2D eigenvalue weighted by atomic mass is 10.1. The van der Waals surface area contributed by atoms with Crippen LogP contribution in [0.5, 0.6) is 0 Å². The molecule has 3 nitrogen and oxygen atoms in total. The number of carbonyl (C=O) groups is 1. The molecule has 0 fully saturated rings. The van der Waals surface area contributed by atoms with Crippen molar-refractivity contribution in [1.82, 2.24) is 5.32 Å². The maximum atomic E-state index is 11.8. The van der Waals surface area contributed by atoms with Gasteiger partial charge < -0.3 is 11.1 Å². The third-order valence-corrected chi connectivity index (χ3v) is 2.85. The zero-order valence-corrected chi connectivity index (χ0v) is 11.0. The quantitative estimate of drug-likeness (QED) is 0.815. The number of hydrogen-bond acceptors (Lipinski definition) is 2. The van der Waals surface area contributed by atoms with E-state index in [2.05, 4.69) is 21.2 Å². The third kappa shape index (κ3) is 3.94. The SMILES string of the molecule is Cc1ccc(Br)cc1C(=O)NCCCCN. The summed E-state index contributed by atoms with van der Waals surface area (Å²) < 4.78 is 0.921. The Balaban J connectivity index is 2.55. The first-order chi connectivity index (χ1) is 7.65. The maximum absolute atomic E-state index is 11.8. The van der Waals surface area contributed by atoms with E-state index < -0.39 is 0 Å². The Bertz CT molecular complexity index is 366. The molecule has 0 atom stereocenters. The molecule has 0 bridgehead atoms. The van der Waals surface area contributed by atoms with Crippen LogP contribution in [0.15, 0.2) is 22.7 Å². The van der Waals surface area contributed by atoms with Gasteiger partial charge in [0.05, 0.1) is 0 Å². The minimum absolute atomic E-state index is 0.0178. The van der Waals surface area contributed by atoms with E-state index in [9.17, 15) is 4.79 Å². The number of nitrogens with two attached hydrogens (primary N) is 1. The normalized spacial score (nSPS) is 10.2. The Morgan fingerprint density at radius 1 is 1.44 bits per heavy atom. The van der Waals surface area contributed by atoms with Crippen molar-refractivity contribution in [2.45, 2.75) is 19.8 Å². The maximum Gasteiger partial charge on any atom is 0.251 e. The van der Waals surface area contributed by atoms with Gasteiger partial charge in [-0.3, -0.25) is 4.79 Å². The van der Waals surface area contributed by atoms with Crippen molar-refractivity contribution in [2.24, 2.45) is 5.73 Å². The predicted octanol–water partition coefficient (Wildman–Crippen LogP) is 2.23. The number of aryl methyl sites for hydroxylation is 1. The highest BCUT2D eigenvalue weighted by Crippen LogP contribution is 2.15. The van der Waals surface area contributed by atoms with Crippen LogP contribution in [-0.4, -0.2) is 19.0 Å². The number of unbranched alkanes of at least 4 members (excludes halogenated alkanes) is 1. The molecular weight excluding hydrogens is 268 g/mol. The zero-order chi connectivity index (χ0) is 12.0. The first-order valence-corrected chi connectivity index (χ1v) is 6.19. The molecule has 0 spiro atoms.